The minimum Gasteiger partial charge on any atom is -0.350 e. The summed E-state index contributed by atoms with van der Waals surface area (Å²) in [4.78, 5) is 33.8. The predicted molar refractivity (Wildman–Crippen MR) is 93.2 cm³/mol. The maximum atomic E-state index is 12.1. The number of hydrogen-bond acceptors (Lipinski definition) is 5. The Labute approximate surface area is 145 Å². The van der Waals surface area contributed by atoms with Crippen molar-refractivity contribution < 1.29 is 4.79 Å². The number of nitrogens with one attached hydrogen (secondary N) is 1. The van der Waals surface area contributed by atoms with Crippen LogP contribution < -0.4 is 11.0 Å². The van der Waals surface area contributed by atoms with Crippen molar-refractivity contribution in [3.8, 4) is 0 Å². The van der Waals surface area contributed by atoms with E-state index >= 15 is 0 Å². The Hall–Kier alpha value is -2.02. The van der Waals surface area contributed by atoms with E-state index in [1.165, 1.54) is 28.0 Å². The minimum atomic E-state index is -0.298. The molecule has 24 heavy (non-hydrogen) atoms. The smallest absolute Gasteiger partial charge is 0.347 e. The molecule has 1 amide bonds. The van der Waals surface area contributed by atoms with Crippen LogP contribution in [0, 0.1) is 13.8 Å². The number of carbonyl (C=O) groups excluding carboxylic acids is 1. The highest BCUT2D eigenvalue weighted by Gasteiger charge is 2.15. The number of aromatic nitrogens is 3. The van der Waals surface area contributed by atoms with Crippen LogP contribution >= 0.6 is 11.3 Å². The van der Waals surface area contributed by atoms with Crippen molar-refractivity contribution in [1.82, 2.24) is 19.9 Å². The maximum Gasteiger partial charge on any atom is 0.347 e. The molecule has 1 N–H and O–H groups in total. The van der Waals surface area contributed by atoms with Gasteiger partial charge in [0.1, 0.15) is 5.01 Å². The fourth-order valence-corrected chi connectivity index (χ4v) is 4.10. The van der Waals surface area contributed by atoms with Gasteiger partial charge in [0.15, 0.2) is 0 Å². The standard InChI is InChI=1S/C17H22N4O2S/c1-11-9-12(2)21(17(23)19-11)8-7-15(22)18-10-16-20-13-5-3-4-6-14(13)24-16/h9H,3-8,10H2,1-2H3,(H,18,22). The first-order chi connectivity index (χ1) is 11.5. The Morgan fingerprint density at radius 2 is 2.08 bits per heavy atom. The van der Waals surface area contributed by atoms with Crippen LogP contribution in [0.5, 0.6) is 0 Å². The van der Waals surface area contributed by atoms with E-state index < -0.39 is 0 Å². The lowest BCUT2D eigenvalue weighted by molar-refractivity contribution is -0.121. The van der Waals surface area contributed by atoms with Gasteiger partial charge in [0.05, 0.1) is 12.2 Å². The Bertz CT molecular complexity index is 786. The second-order valence-electron chi connectivity index (χ2n) is 6.18. The van der Waals surface area contributed by atoms with Crippen molar-refractivity contribution in [3.05, 3.63) is 43.5 Å². The molecule has 3 rings (SSSR count). The first kappa shape index (κ1) is 16.8. The van der Waals surface area contributed by atoms with Crippen LogP contribution in [-0.2, 0) is 30.7 Å². The molecular formula is C17H22N4O2S. The molecule has 128 valence electrons. The predicted octanol–water partition coefficient (Wildman–Crippen LogP) is 1.90. The normalized spacial score (nSPS) is 13.6. The van der Waals surface area contributed by atoms with E-state index in [4.69, 9.17) is 0 Å². The lowest BCUT2D eigenvalue weighted by Gasteiger charge is -2.09. The molecule has 0 aliphatic heterocycles. The van der Waals surface area contributed by atoms with Crippen LogP contribution in [0.2, 0.25) is 0 Å². The summed E-state index contributed by atoms with van der Waals surface area (Å²) in [5.74, 6) is -0.0740. The summed E-state index contributed by atoms with van der Waals surface area (Å²) in [6.07, 6.45) is 4.88. The first-order valence-electron chi connectivity index (χ1n) is 8.32. The SMILES string of the molecule is Cc1cc(C)n(CCC(=O)NCc2nc3c(s2)CCCC3)c(=O)n1. The van der Waals surface area contributed by atoms with Crippen LogP contribution in [0.15, 0.2) is 10.9 Å². The van der Waals surface area contributed by atoms with Crippen LogP contribution in [0.3, 0.4) is 0 Å². The third-order valence-electron chi connectivity index (χ3n) is 4.24. The Morgan fingerprint density at radius 1 is 1.29 bits per heavy atom. The van der Waals surface area contributed by atoms with Crippen molar-refractivity contribution in [2.24, 2.45) is 0 Å². The third-order valence-corrected chi connectivity index (χ3v) is 5.39. The average Bonchev–Trinajstić information content (AvgIpc) is 2.94. The molecule has 0 radical (unpaired) electrons. The summed E-state index contributed by atoms with van der Waals surface area (Å²) < 4.78 is 1.54. The molecule has 0 unspecified atom stereocenters. The van der Waals surface area contributed by atoms with E-state index in [0.717, 1.165) is 23.5 Å². The van der Waals surface area contributed by atoms with Crippen molar-refractivity contribution in [1.29, 1.82) is 0 Å². The summed E-state index contributed by atoms with van der Waals surface area (Å²) >= 11 is 1.71. The molecule has 1 aliphatic rings. The maximum absolute atomic E-state index is 12.1. The Kier molecular flexibility index (Phi) is 5.08. The van der Waals surface area contributed by atoms with Gasteiger partial charge in [-0.3, -0.25) is 9.36 Å². The largest absolute Gasteiger partial charge is 0.350 e. The van der Waals surface area contributed by atoms with Gasteiger partial charge in [0.25, 0.3) is 0 Å². The van der Waals surface area contributed by atoms with Crippen molar-refractivity contribution in [2.75, 3.05) is 0 Å². The van der Waals surface area contributed by atoms with Crippen LogP contribution in [0.4, 0.5) is 0 Å². The number of rotatable bonds is 5. The molecule has 2 aromatic heterocycles. The Balaban J connectivity index is 1.53. The van der Waals surface area contributed by atoms with Gasteiger partial charge in [-0.2, -0.15) is 4.98 Å². The van der Waals surface area contributed by atoms with Crippen molar-refractivity contribution >= 4 is 17.2 Å². The lowest BCUT2D eigenvalue weighted by Crippen LogP contribution is -2.29. The molecule has 0 aromatic carbocycles. The van der Waals surface area contributed by atoms with E-state index in [1.807, 2.05) is 13.0 Å². The average molecular weight is 346 g/mol. The van der Waals surface area contributed by atoms with Gasteiger partial charge in [0, 0.05) is 29.2 Å². The summed E-state index contributed by atoms with van der Waals surface area (Å²) in [6, 6.07) is 1.85. The van der Waals surface area contributed by atoms with E-state index in [9.17, 15) is 9.59 Å². The molecule has 0 atom stereocenters. The molecule has 2 aromatic rings. The third kappa shape index (κ3) is 3.90. The molecular weight excluding hydrogens is 324 g/mol. The number of thiazole rings is 1. The quantitative estimate of drug-likeness (QED) is 0.897. The summed E-state index contributed by atoms with van der Waals surface area (Å²) in [7, 11) is 0. The number of amides is 1. The first-order valence-corrected chi connectivity index (χ1v) is 9.14. The zero-order chi connectivity index (χ0) is 17.1. The molecule has 0 saturated carbocycles. The molecule has 0 fully saturated rings. The minimum absolute atomic E-state index is 0.0740. The molecule has 0 bridgehead atoms. The second-order valence-corrected chi connectivity index (χ2v) is 7.35. The fraction of sp³-hybridized carbons (Fsp3) is 0.529. The lowest BCUT2D eigenvalue weighted by atomic mass is 10.0. The van der Waals surface area contributed by atoms with Gasteiger partial charge in [-0.05, 0) is 45.6 Å². The topological polar surface area (TPSA) is 76.9 Å². The highest BCUT2D eigenvalue weighted by atomic mass is 32.1. The number of fused-ring (bicyclic) bond motifs is 1. The van der Waals surface area contributed by atoms with E-state index in [2.05, 4.69) is 15.3 Å². The van der Waals surface area contributed by atoms with Gasteiger partial charge in [0.2, 0.25) is 5.91 Å². The zero-order valence-corrected chi connectivity index (χ0v) is 14.9. The van der Waals surface area contributed by atoms with E-state index in [0.29, 0.717) is 18.8 Å². The summed E-state index contributed by atoms with van der Waals surface area (Å²) in [6.45, 7) is 4.46. The molecule has 2 heterocycles. The molecule has 0 spiro atoms. The van der Waals surface area contributed by atoms with Crippen LogP contribution in [0.25, 0.3) is 0 Å². The molecule has 1 aliphatic carbocycles. The number of aryl methyl sites for hydroxylation is 4. The molecule has 6 nitrogen and oxygen atoms in total. The van der Waals surface area contributed by atoms with Gasteiger partial charge < -0.3 is 5.32 Å². The molecule has 7 heteroatoms. The Morgan fingerprint density at radius 3 is 2.83 bits per heavy atom. The number of hydrogen-bond donors (Lipinski definition) is 1. The summed E-state index contributed by atoms with van der Waals surface area (Å²) in [5.41, 5.74) is 2.44. The van der Waals surface area contributed by atoms with Crippen LogP contribution in [-0.4, -0.2) is 20.4 Å². The van der Waals surface area contributed by atoms with E-state index in [1.54, 1.807) is 18.3 Å². The van der Waals surface area contributed by atoms with E-state index in [-0.39, 0.29) is 18.0 Å². The second kappa shape index (κ2) is 7.25. The summed E-state index contributed by atoms with van der Waals surface area (Å²) in [5, 5.41) is 3.87. The van der Waals surface area contributed by atoms with Gasteiger partial charge in [-0.15, -0.1) is 11.3 Å². The fourth-order valence-electron chi connectivity index (χ4n) is 3.00. The van der Waals surface area contributed by atoms with Crippen LogP contribution in [0.1, 0.15) is 46.2 Å². The van der Waals surface area contributed by atoms with Gasteiger partial charge >= 0.3 is 5.69 Å². The van der Waals surface area contributed by atoms with Gasteiger partial charge in [-0.1, -0.05) is 0 Å². The monoisotopic (exact) mass is 346 g/mol. The number of nitrogens with zero attached hydrogens (tertiary/aromatic N) is 3. The van der Waals surface area contributed by atoms with Crippen molar-refractivity contribution in [2.45, 2.75) is 59.0 Å². The molecule has 0 saturated heterocycles. The highest BCUT2D eigenvalue weighted by Crippen LogP contribution is 2.26. The highest BCUT2D eigenvalue weighted by molar-refractivity contribution is 7.11. The van der Waals surface area contributed by atoms with Gasteiger partial charge in [-0.25, -0.2) is 9.78 Å². The number of carbonyl (C=O) groups is 1. The zero-order valence-electron chi connectivity index (χ0n) is 14.1. The van der Waals surface area contributed by atoms with Crippen molar-refractivity contribution in [3.63, 3.8) is 0 Å².